The second-order valence-electron chi connectivity index (χ2n) is 5.33. The third kappa shape index (κ3) is 2.65. The van der Waals surface area contributed by atoms with Crippen LogP contribution in [0.15, 0.2) is 45.7 Å². The molecule has 0 saturated carbocycles. The Balaban J connectivity index is 1.56. The number of aromatic amines is 1. The number of hydrogen-bond donors (Lipinski definition) is 1. The number of halogens is 1. The van der Waals surface area contributed by atoms with Crippen molar-refractivity contribution in [2.75, 3.05) is 11.4 Å². The summed E-state index contributed by atoms with van der Waals surface area (Å²) in [7, 11) is 0. The summed E-state index contributed by atoms with van der Waals surface area (Å²) in [6, 6.07) is 7.67. The number of amides is 1. The van der Waals surface area contributed by atoms with Crippen molar-refractivity contribution in [1.29, 1.82) is 0 Å². The van der Waals surface area contributed by atoms with E-state index in [-0.39, 0.29) is 11.8 Å². The van der Waals surface area contributed by atoms with E-state index in [1.807, 2.05) is 24.3 Å². The van der Waals surface area contributed by atoms with Crippen molar-refractivity contribution in [3.8, 4) is 11.4 Å². The highest BCUT2D eigenvalue weighted by molar-refractivity contribution is 9.10. The Bertz CT molecular complexity index is 828. The van der Waals surface area contributed by atoms with Crippen molar-refractivity contribution in [3.05, 3.63) is 47.0 Å². The first-order valence-electron chi connectivity index (χ1n) is 7.09. The first-order chi connectivity index (χ1) is 11.2. The summed E-state index contributed by atoms with van der Waals surface area (Å²) in [6.45, 7) is 0.514. The van der Waals surface area contributed by atoms with E-state index < -0.39 is 0 Å². The van der Waals surface area contributed by atoms with Gasteiger partial charge in [-0.3, -0.25) is 9.89 Å². The Morgan fingerprint density at radius 3 is 2.87 bits per heavy atom. The van der Waals surface area contributed by atoms with Gasteiger partial charge in [0, 0.05) is 29.2 Å². The van der Waals surface area contributed by atoms with E-state index in [1.165, 1.54) is 0 Å². The van der Waals surface area contributed by atoms with Crippen LogP contribution in [0.5, 0.6) is 0 Å². The van der Waals surface area contributed by atoms with Crippen LogP contribution in [0.4, 0.5) is 5.69 Å². The fourth-order valence-corrected chi connectivity index (χ4v) is 2.90. The van der Waals surface area contributed by atoms with Gasteiger partial charge in [-0.25, -0.2) is 0 Å². The number of carbonyl (C=O) groups is 1. The summed E-state index contributed by atoms with van der Waals surface area (Å²) < 4.78 is 6.36. The van der Waals surface area contributed by atoms with Crippen molar-refractivity contribution in [1.82, 2.24) is 20.3 Å². The van der Waals surface area contributed by atoms with Gasteiger partial charge in [0.15, 0.2) is 0 Å². The third-order valence-corrected chi connectivity index (χ3v) is 4.34. The molecule has 23 heavy (non-hydrogen) atoms. The van der Waals surface area contributed by atoms with Crippen molar-refractivity contribution < 1.29 is 9.32 Å². The van der Waals surface area contributed by atoms with Gasteiger partial charge in [-0.2, -0.15) is 10.1 Å². The fraction of sp³-hybridized carbons (Fsp3) is 0.200. The summed E-state index contributed by atoms with van der Waals surface area (Å²) >= 11 is 3.39. The molecule has 0 radical (unpaired) electrons. The van der Waals surface area contributed by atoms with Crippen molar-refractivity contribution in [2.24, 2.45) is 0 Å². The predicted octanol–water partition coefficient (Wildman–Crippen LogP) is 2.74. The molecule has 0 aliphatic carbocycles. The molecule has 8 heteroatoms. The van der Waals surface area contributed by atoms with Crippen LogP contribution >= 0.6 is 15.9 Å². The summed E-state index contributed by atoms with van der Waals surface area (Å²) in [5, 5.41) is 10.6. The highest BCUT2D eigenvalue weighted by Gasteiger charge is 2.35. The number of hydrogen-bond acceptors (Lipinski definition) is 5. The molecule has 0 spiro atoms. The highest BCUT2D eigenvalue weighted by Crippen LogP contribution is 2.31. The third-order valence-electron chi connectivity index (χ3n) is 3.81. The lowest BCUT2D eigenvalue weighted by Crippen LogP contribution is -2.23. The lowest BCUT2D eigenvalue weighted by Gasteiger charge is -2.12. The second-order valence-corrected chi connectivity index (χ2v) is 6.24. The van der Waals surface area contributed by atoms with Gasteiger partial charge in [0.25, 0.3) is 0 Å². The maximum Gasteiger partial charge on any atom is 0.232 e. The topological polar surface area (TPSA) is 87.9 Å². The minimum Gasteiger partial charge on any atom is -0.339 e. The van der Waals surface area contributed by atoms with E-state index >= 15 is 0 Å². The molecule has 7 nitrogen and oxygen atoms in total. The van der Waals surface area contributed by atoms with Gasteiger partial charge in [-0.05, 0) is 24.3 Å². The SMILES string of the molecule is O=C1C[C@@H](c2nc(-c3ccc(Br)cc3)no2)CN1c1cn[nH]c1. The number of nitrogens with zero attached hydrogens (tertiary/aromatic N) is 4. The minimum atomic E-state index is -0.103. The molecule has 1 aromatic carbocycles. The van der Waals surface area contributed by atoms with Crippen LogP contribution in [0.25, 0.3) is 11.4 Å². The monoisotopic (exact) mass is 373 g/mol. The van der Waals surface area contributed by atoms with Crippen LogP contribution in [-0.2, 0) is 4.79 Å². The average molecular weight is 374 g/mol. The molecule has 2 aromatic heterocycles. The summed E-state index contributed by atoms with van der Waals surface area (Å²) in [5.41, 5.74) is 1.63. The number of aromatic nitrogens is 4. The van der Waals surface area contributed by atoms with Crippen molar-refractivity contribution >= 4 is 27.5 Å². The van der Waals surface area contributed by atoms with Gasteiger partial charge in [-0.1, -0.05) is 21.1 Å². The lowest BCUT2D eigenvalue weighted by molar-refractivity contribution is -0.117. The second kappa shape index (κ2) is 5.62. The lowest BCUT2D eigenvalue weighted by atomic mass is 10.1. The zero-order chi connectivity index (χ0) is 15.8. The first-order valence-corrected chi connectivity index (χ1v) is 7.88. The van der Waals surface area contributed by atoms with Crippen LogP contribution in [0, 0.1) is 0 Å². The van der Waals surface area contributed by atoms with E-state index in [2.05, 4.69) is 36.3 Å². The number of rotatable bonds is 3. The zero-order valence-corrected chi connectivity index (χ0v) is 13.5. The van der Waals surface area contributed by atoms with E-state index in [9.17, 15) is 4.79 Å². The van der Waals surface area contributed by atoms with Crippen LogP contribution in [0.3, 0.4) is 0 Å². The normalized spacial score (nSPS) is 17.9. The number of H-pyrrole nitrogens is 1. The van der Waals surface area contributed by atoms with Gasteiger partial charge in [0.2, 0.25) is 17.6 Å². The van der Waals surface area contributed by atoms with Gasteiger partial charge in [0.05, 0.1) is 17.8 Å². The molecule has 1 N–H and O–H groups in total. The van der Waals surface area contributed by atoms with Crippen LogP contribution in [0.2, 0.25) is 0 Å². The standard InChI is InChI=1S/C15H12BrN5O2/c16-11-3-1-9(2-4-11)14-19-15(23-20-14)10-5-13(22)21(8-10)12-6-17-18-7-12/h1-4,6-7,10H,5,8H2,(H,17,18)/t10-/m1/s1. The molecule has 1 fully saturated rings. The number of nitrogens with one attached hydrogen (secondary N) is 1. The maximum atomic E-state index is 12.2. The number of benzene rings is 1. The van der Waals surface area contributed by atoms with E-state index in [0.29, 0.717) is 24.7 Å². The number of carbonyl (C=O) groups excluding carboxylic acids is 1. The quantitative estimate of drug-likeness (QED) is 0.762. The molecule has 0 unspecified atom stereocenters. The molecule has 1 atom stereocenters. The largest absolute Gasteiger partial charge is 0.339 e. The van der Waals surface area contributed by atoms with Crippen molar-refractivity contribution in [2.45, 2.75) is 12.3 Å². The molecular formula is C15H12BrN5O2. The average Bonchev–Trinajstić information content (AvgIpc) is 3.27. The Hall–Kier alpha value is -2.48. The first kappa shape index (κ1) is 14.1. The van der Waals surface area contributed by atoms with E-state index in [1.54, 1.807) is 17.3 Å². The Morgan fingerprint density at radius 1 is 1.30 bits per heavy atom. The summed E-state index contributed by atoms with van der Waals surface area (Å²) in [6.07, 6.45) is 3.68. The summed E-state index contributed by atoms with van der Waals surface area (Å²) in [5.74, 6) is 0.942. The molecule has 3 heterocycles. The van der Waals surface area contributed by atoms with Gasteiger partial charge >= 0.3 is 0 Å². The molecular weight excluding hydrogens is 362 g/mol. The smallest absolute Gasteiger partial charge is 0.232 e. The van der Waals surface area contributed by atoms with Crippen molar-refractivity contribution in [3.63, 3.8) is 0 Å². The Kier molecular flexibility index (Phi) is 3.45. The molecule has 116 valence electrons. The predicted molar refractivity (Wildman–Crippen MR) is 85.7 cm³/mol. The molecule has 3 aromatic rings. The van der Waals surface area contributed by atoms with Gasteiger partial charge in [-0.15, -0.1) is 0 Å². The maximum absolute atomic E-state index is 12.2. The molecule has 0 bridgehead atoms. The minimum absolute atomic E-state index is 0.0276. The summed E-state index contributed by atoms with van der Waals surface area (Å²) in [4.78, 5) is 18.3. The zero-order valence-electron chi connectivity index (χ0n) is 11.9. The van der Waals surface area contributed by atoms with Crippen LogP contribution in [-0.4, -0.2) is 32.8 Å². The Morgan fingerprint density at radius 2 is 2.13 bits per heavy atom. The van der Waals surface area contributed by atoms with Crippen LogP contribution in [0.1, 0.15) is 18.2 Å². The molecule has 1 aliphatic heterocycles. The van der Waals surface area contributed by atoms with E-state index in [4.69, 9.17) is 4.52 Å². The Labute approximate surface area is 139 Å². The molecule has 1 saturated heterocycles. The molecule has 1 amide bonds. The molecule has 1 aliphatic rings. The number of anilines is 1. The highest BCUT2D eigenvalue weighted by atomic mass is 79.9. The van der Waals surface area contributed by atoms with Gasteiger partial charge < -0.3 is 9.42 Å². The van der Waals surface area contributed by atoms with E-state index in [0.717, 1.165) is 15.7 Å². The fourth-order valence-electron chi connectivity index (χ4n) is 2.63. The molecule has 4 rings (SSSR count). The van der Waals surface area contributed by atoms with Gasteiger partial charge in [0.1, 0.15) is 0 Å². The van der Waals surface area contributed by atoms with Crippen LogP contribution < -0.4 is 4.90 Å².